The molecule has 4 aromatic rings. The number of hydrogen-bond acceptors (Lipinski definition) is 7. The minimum atomic E-state index is -4.76. The molecule has 1 aromatic heterocycles. The molecule has 1 fully saturated rings. The van der Waals surface area contributed by atoms with Crippen LogP contribution in [0.1, 0.15) is 23.9 Å². The second-order valence-corrected chi connectivity index (χ2v) is 10.2. The SMILES string of the molecule is CCOc1ccc(C)cc1N1C(=O)CS/C1=N\C(=O)Nc1ccc(/C=C/c2ncn(-c3ccc(OC(F)(F)F)cc3)n2)cc1. The van der Waals surface area contributed by atoms with Gasteiger partial charge in [0.2, 0.25) is 5.91 Å². The molecule has 1 aliphatic rings. The van der Waals surface area contributed by atoms with Crippen molar-refractivity contribution in [3.05, 3.63) is 90.0 Å². The van der Waals surface area contributed by atoms with Crippen molar-refractivity contribution in [2.45, 2.75) is 20.2 Å². The number of urea groups is 1. The van der Waals surface area contributed by atoms with Gasteiger partial charge in [-0.25, -0.2) is 14.5 Å². The number of thioether (sulfide) groups is 1. The second kappa shape index (κ2) is 13.0. The number of nitrogens with zero attached hydrogens (tertiary/aromatic N) is 5. The predicted octanol–water partition coefficient (Wildman–Crippen LogP) is 6.71. The third-order valence-corrected chi connectivity index (χ3v) is 6.97. The summed E-state index contributed by atoms with van der Waals surface area (Å²) in [5.74, 6) is 0.533. The number of carbonyl (C=O) groups excluding carboxylic acids is 2. The van der Waals surface area contributed by atoms with Gasteiger partial charge < -0.3 is 14.8 Å². The van der Waals surface area contributed by atoms with E-state index in [0.29, 0.717) is 35.2 Å². The van der Waals surface area contributed by atoms with Crippen molar-refractivity contribution < 1.29 is 32.2 Å². The number of hydrogen-bond donors (Lipinski definition) is 1. The van der Waals surface area contributed by atoms with Crippen LogP contribution in [0.15, 0.2) is 78.0 Å². The van der Waals surface area contributed by atoms with Gasteiger partial charge in [0.15, 0.2) is 11.0 Å². The van der Waals surface area contributed by atoms with E-state index >= 15 is 0 Å². The normalized spacial score (nSPS) is 14.4. The van der Waals surface area contributed by atoms with E-state index < -0.39 is 12.4 Å². The molecule has 226 valence electrons. The predicted molar refractivity (Wildman–Crippen MR) is 162 cm³/mol. The summed E-state index contributed by atoms with van der Waals surface area (Å²) in [6.45, 7) is 4.18. The molecule has 3 aromatic carbocycles. The summed E-state index contributed by atoms with van der Waals surface area (Å²) in [6, 6.07) is 17.1. The number of aryl methyl sites for hydroxylation is 1. The lowest BCUT2D eigenvalue weighted by molar-refractivity contribution is -0.274. The summed E-state index contributed by atoms with van der Waals surface area (Å²) in [7, 11) is 0. The molecule has 10 nitrogen and oxygen atoms in total. The summed E-state index contributed by atoms with van der Waals surface area (Å²) in [5.41, 5.74) is 3.28. The molecule has 0 unspecified atom stereocenters. The number of nitrogens with one attached hydrogen (secondary N) is 1. The molecule has 1 aliphatic heterocycles. The highest BCUT2D eigenvalue weighted by atomic mass is 32.2. The molecule has 0 spiro atoms. The summed E-state index contributed by atoms with van der Waals surface area (Å²) in [5, 5.41) is 7.28. The van der Waals surface area contributed by atoms with Crippen molar-refractivity contribution in [1.29, 1.82) is 0 Å². The minimum absolute atomic E-state index is 0.156. The fourth-order valence-electron chi connectivity index (χ4n) is 4.13. The first-order valence-corrected chi connectivity index (χ1v) is 14.2. The Labute approximate surface area is 254 Å². The zero-order valence-electron chi connectivity index (χ0n) is 23.4. The van der Waals surface area contributed by atoms with Crippen LogP contribution >= 0.6 is 11.8 Å². The molecule has 5 rings (SSSR count). The van der Waals surface area contributed by atoms with Crippen molar-refractivity contribution in [2.24, 2.45) is 4.99 Å². The lowest BCUT2D eigenvalue weighted by Gasteiger charge is -2.20. The number of halogens is 3. The van der Waals surface area contributed by atoms with Crippen LogP contribution in [-0.4, -0.2) is 50.6 Å². The Morgan fingerprint density at radius 3 is 2.55 bits per heavy atom. The maximum atomic E-state index is 12.8. The molecule has 0 radical (unpaired) electrons. The highest BCUT2D eigenvalue weighted by Gasteiger charge is 2.33. The van der Waals surface area contributed by atoms with Gasteiger partial charge in [0, 0.05) is 5.69 Å². The topological polar surface area (TPSA) is 111 Å². The van der Waals surface area contributed by atoms with Gasteiger partial charge in [-0.2, -0.15) is 4.99 Å². The van der Waals surface area contributed by atoms with Crippen LogP contribution in [-0.2, 0) is 4.79 Å². The lowest BCUT2D eigenvalue weighted by Crippen LogP contribution is -2.30. The van der Waals surface area contributed by atoms with E-state index in [1.165, 1.54) is 51.9 Å². The molecule has 0 bridgehead atoms. The van der Waals surface area contributed by atoms with Gasteiger partial charge in [-0.15, -0.1) is 18.3 Å². The number of benzene rings is 3. The molecule has 14 heteroatoms. The number of ether oxygens (including phenoxy) is 2. The fraction of sp³-hybridized carbons (Fsp3) is 0.167. The number of amidine groups is 1. The Hall–Kier alpha value is -5.11. The van der Waals surface area contributed by atoms with Gasteiger partial charge in [0.05, 0.1) is 23.7 Å². The zero-order valence-corrected chi connectivity index (χ0v) is 24.2. The Morgan fingerprint density at radius 2 is 1.84 bits per heavy atom. The third kappa shape index (κ3) is 7.64. The Balaban J connectivity index is 1.21. The molecule has 0 saturated carbocycles. The standard InChI is InChI=1S/C30H25F3N6O4S/c1-3-42-25-14-4-19(2)16-24(25)39-27(40)17-44-29(39)36-28(41)35-21-8-5-20(6-9-21)7-15-26-34-18-38(37-26)22-10-12-23(13-11-22)43-30(31,32)33/h4-16,18H,3,17H2,1-2H3,(H,35,41)/b15-7+,36-29-. The number of amides is 3. The van der Waals surface area contributed by atoms with Crippen LogP contribution in [0.3, 0.4) is 0 Å². The summed E-state index contributed by atoms with van der Waals surface area (Å²) >= 11 is 1.18. The van der Waals surface area contributed by atoms with Gasteiger partial charge >= 0.3 is 12.4 Å². The van der Waals surface area contributed by atoms with E-state index in [4.69, 9.17) is 4.74 Å². The second-order valence-electron chi connectivity index (χ2n) is 9.29. The highest BCUT2D eigenvalue weighted by Crippen LogP contribution is 2.35. The van der Waals surface area contributed by atoms with Crippen molar-refractivity contribution in [1.82, 2.24) is 14.8 Å². The number of rotatable bonds is 8. The number of anilines is 2. The Kier molecular flexibility index (Phi) is 8.99. The van der Waals surface area contributed by atoms with Gasteiger partial charge in [-0.05, 0) is 79.6 Å². The Bertz CT molecular complexity index is 1720. The van der Waals surface area contributed by atoms with Crippen LogP contribution in [0.2, 0.25) is 0 Å². The van der Waals surface area contributed by atoms with Crippen molar-refractivity contribution in [3.63, 3.8) is 0 Å². The molecule has 1 N–H and O–H groups in total. The quantitative estimate of drug-likeness (QED) is 0.233. The number of alkyl halides is 3. The van der Waals surface area contributed by atoms with Gasteiger partial charge in [-0.1, -0.05) is 36.0 Å². The molecular formula is C30H25F3N6O4S. The first kappa shape index (κ1) is 30.4. The third-order valence-electron chi connectivity index (χ3n) is 6.05. The van der Waals surface area contributed by atoms with Crippen molar-refractivity contribution >= 4 is 52.4 Å². The average Bonchev–Trinajstić information content (AvgIpc) is 3.60. The van der Waals surface area contributed by atoms with Crippen LogP contribution in [0.25, 0.3) is 17.8 Å². The van der Waals surface area contributed by atoms with Crippen LogP contribution in [0, 0.1) is 6.92 Å². The van der Waals surface area contributed by atoms with E-state index in [2.05, 4.69) is 25.1 Å². The minimum Gasteiger partial charge on any atom is -0.492 e. The van der Waals surface area contributed by atoms with E-state index in [9.17, 15) is 22.8 Å². The first-order valence-electron chi connectivity index (χ1n) is 13.2. The largest absolute Gasteiger partial charge is 0.573 e. The molecule has 1 saturated heterocycles. The summed E-state index contributed by atoms with van der Waals surface area (Å²) in [4.78, 5) is 35.2. The first-order chi connectivity index (χ1) is 21.1. The van der Waals surface area contributed by atoms with Crippen LogP contribution in [0.5, 0.6) is 11.5 Å². The summed E-state index contributed by atoms with van der Waals surface area (Å²) in [6.07, 6.45) is 0.108. The average molecular weight is 623 g/mol. The van der Waals surface area contributed by atoms with E-state index in [0.717, 1.165) is 11.1 Å². The maximum absolute atomic E-state index is 12.8. The van der Waals surface area contributed by atoms with Gasteiger partial charge in [0.1, 0.15) is 17.8 Å². The van der Waals surface area contributed by atoms with Crippen molar-refractivity contribution in [2.75, 3.05) is 22.6 Å². The monoisotopic (exact) mass is 622 g/mol. The lowest BCUT2D eigenvalue weighted by atomic mass is 10.2. The zero-order chi connectivity index (χ0) is 31.3. The molecule has 3 amide bonds. The van der Waals surface area contributed by atoms with Crippen LogP contribution < -0.4 is 19.7 Å². The smallest absolute Gasteiger partial charge is 0.492 e. The molecular weight excluding hydrogens is 597 g/mol. The maximum Gasteiger partial charge on any atom is 0.573 e. The molecule has 0 atom stereocenters. The highest BCUT2D eigenvalue weighted by molar-refractivity contribution is 8.15. The van der Waals surface area contributed by atoms with Gasteiger partial charge in [-0.3, -0.25) is 9.69 Å². The number of aromatic nitrogens is 3. The van der Waals surface area contributed by atoms with E-state index in [1.807, 2.05) is 26.0 Å². The number of carbonyl (C=O) groups is 2. The number of aliphatic imine (C=N–C) groups is 1. The fourth-order valence-corrected chi connectivity index (χ4v) is 4.98. The Morgan fingerprint density at radius 1 is 1.09 bits per heavy atom. The van der Waals surface area contributed by atoms with E-state index in [-0.39, 0.29) is 22.6 Å². The van der Waals surface area contributed by atoms with E-state index in [1.54, 1.807) is 42.5 Å². The van der Waals surface area contributed by atoms with Crippen LogP contribution in [0.4, 0.5) is 29.3 Å². The molecule has 0 aliphatic carbocycles. The van der Waals surface area contributed by atoms with Crippen molar-refractivity contribution in [3.8, 4) is 17.2 Å². The summed E-state index contributed by atoms with van der Waals surface area (Å²) < 4.78 is 48.1. The van der Waals surface area contributed by atoms with Gasteiger partial charge in [0.25, 0.3) is 0 Å². The molecule has 44 heavy (non-hydrogen) atoms. The molecule has 2 heterocycles.